The van der Waals surface area contributed by atoms with Crippen molar-refractivity contribution in [1.29, 1.82) is 0 Å². The highest BCUT2D eigenvalue weighted by Crippen LogP contribution is 2.32. The van der Waals surface area contributed by atoms with Gasteiger partial charge in [-0.2, -0.15) is 5.11 Å². The first-order valence-corrected chi connectivity index (χ1v) is 15.9. The molecule has 7 nitrogen and oxygen atoms in total. The second kappa shape index (κ2) is 22.3. The number of hydrogen-bond donors (Lipinski definition) is 1. The summed E-state index contributed by atoms with van der Waals surface area (Å²) in [6.45, 7) is 9.15. The number of ether oxygens (including phenoxy) is 3. The number of phenols is 1. The fourth-order valence-electron chi connectivity index (χ4n) is 4.39. The third kappa shape index (κ3) is 16.2. The van der Waals surface area contributed by atoms with Crippen molar-refractivity contribution in [3.63, 3.8) is 0 Å². The highest BCUT2D eigenvalue weighted by molar-refractivity contribution is 5.86. The van der Waals surface area contributed by atoms with E-state index in [1.165, 1.54) is 64.2 Å². The normalized spacial score (nSPS) is 11.1. The van der Waals surface area contributed by atoms with Crippen molar-refractivity contribution >= 4 is 17.3 Å². The van der Waals surface area contributed by atoms with E-state index in [2.05, 4.69) is 23.7 Å². The van der Waals surface area contributed by atoms with Crippen LogP contribution in [0.1, 0.15) is 110 Å². The lowest BCUT2D eigenvalue weighted by molar-refractivity contribution is -0.139. The molecule has 0 bridgehead atoms. The van der Waals surface area contributed by atoms with Crippen LogP contribution in [0, 0.1) is 0 Å². The fourth-order valence-corrected chi connectivity index (χ4v) is 4.39. The van der Waals surface area contributed by atoms with Gasteiger partial charge in [0.05, 0.1) is 25.5 Å². The van der Waals surface area contributed by atoms with E-state index >= 15 is 0 Å². The van der Waals surface area contributed by atoms with Gasteiger partial charge in [-0.15, -0.1) is 5.11 Å². The largest absolute Gasteiger partial charge is 0.505 e. The van der Waals surface area contributed by atoms with Crippen molar-refractivity contribution < 1.29 is 24.1 Å². The van der Waals surface area contributed by atoms with Gasteiger partial charge in [-0.3, -0.25) is 0 Å². The van der Waals surface area contributed by atoms with E-state index in [4.69, 9.17) is 14.2 Å². The zero-order valence-electron chi connectivity index (χ0n) is 26.0. The zero-order chi connectivity index (χ0) is 30.3. The van der Waals surface area contributed by atoms with Crippen LogP contribution >= 0.6 is 0 Å². The van der Waals surface area contributed by atoms with Crippen LogP contribution in [0.5, 0.6) is 17.2 Å². The third-order valence-corrected chi connectivity index (χ3v) is 6.96. The molecule has 2 aromatic carbocycles. The maximum atomic E-state index is 11.3. The average Bonchev–Trinajstić information content (AvgIpc) is 2.99. The Bertz CT molecular complexity index is 1050. The number of azo groups is 1. The summed E-state index contributed by atoms with van der Waals surface area (Å²) < 4.78 is 16.7. The van der Waals surface area contributed by atoms with Gasteiger partial charge >= 0.3 is 5.97 Å². The molecule has 0 fully saturated rings. The number of unbranched alkanes of at least 4 members (excludes halogenated alkanes) is 13. The van der Waals surface area contributed by atoms with Crippen LogP contribution in [-0.2, 0) is 9.53 Å². The lowest BCUT2D eigenvalue weighted by atomic mass is 10.1. The molecule has 0 spiro atoms. The van der Waals surface area contributed by atoms with Crippen LogP contribution in [0.15, 0.2) is 64.8 Å². The predicted octanol–water partition coefficient (Wildman–Crippen LogP) is 10.6. The highest BCUT2D eigenvalue weighted by atomic mass is 16.5. The monoisotopic (exact) mass is 580 g/mol. The maximum Gasteiger partial charge on any atom is 0.333 e. The third-order valence-electron chi connectivity index (χ3n) is 6.96. The van der Waals surface area contributed by atoms with Gasteiger partial charge < -0.3 is 19.3 Å². The van der Waals surface area contributed by atoms with Crippen molar-refractivity contribution in [3.8, 4) is 17.2 Å². The first-order chi connectivity index (χ1) is 20.5. The van der Waals surface area contributed by atoms with E-state index in [1.807, 2.05) is 24.3 Å². The minimum atomic E-state index is -0.339. The van der Waals surface area contributed by atoms with E-state index in [1.54, 1.807) is 25.1 Å². The summed E-state index contributed by atoms with van der Waals surface area (Å²) in [6, 6.07) is 12.5. The van der Waals surface area contributed by atoms with Crippen LogP contribution in [0.3, 0.4) is 0 Å². The van der Waals surface area contributed by atoms with E-state index in [0.717, 1.165) is 44.5 Å². The van der Waals surface area contributed by atoms with Gasteiger partial charge in [-0.25, -0.2) is 4.79 Å². The van der Waals surface area contributed by atoms with Crippen molar-refractivity contribution in [2.24, 2.45) is 10.2 Å². The van der Waals surface area contributed by atoms with Crippen molar-refractivity contribution in [1.82, 2.24) is 0 Å². The smallest absolute Gasteiger partial charge is 0.333 e. The molecular weight excluding hydrogens is 528 g/mol. The SMILES string of the molecule is C=C(C)C(=O)OCCCCCCOc1ccc(N=Nc2ccc(OCCCCCCCCCCCCC)cc2)c(O)c1. The van der Waals surface area contributed by atoms with Crippen LogP contribution in [0.2, 0.25) is 0 Å². The summed E-state index contributed by atoms with van der Waals surface area (Å²) in [7, 11) is 0. The van der Waals surface area contributed by atoms with Gasteiger partial charge in [0, 0.05) is 11.6 Å². The number of rotatable bonds is 24. The van der Waals surface area contributed by atoms with Crippen LogP contribution in [-0.4, -0.2) is 30.9 Å². The molecule has 0 aromatic heterocycles. The molecule has 0 saturated heterocycles. The lowest BCUT2D eigenvalue weighted by Crippen LogP contribution is -2.06. The van der Waals surface area contributed by atoms with Crippen molar-refractivity contribution in [2.45, 2.75) is 110 Å². The molecule has 0 aliphatic rings. The molecule has 42 heavy (non-hydrogen) atoms. The molecule has 2 rings (SSSR count). The number of nitrogens with zero attached hydrogens (tertiary/aromatic N) is 2. The number of esters is 1. The summed E-state index contributed by atoms with van der Waals surface area (Å²) >= 11 is 0. The Balaban J connectivity index is 1.57. The van der Waals surface area contributed by atoms with Gasteiger partial charge in [-0.05, 0) is 75.4 Å². The van der Waals surface area contributed by atoms with Crippen LogP contribution < -0.4 is 9.47 Å². The molecule has 0 saturated carbocycles. The zero-order valence-corrected chi connectivity index (χ0v) is 26.0. The molecule has 232 valence electrons. The van der Waals surface area contributed by atoms with Gasteiger partial charge in [0.2, 0.25) is 0 Å². The van der Waals surface area contributed by atoms with E-state index in [9.17, 15) is 9.90 Å². The first-order valence-electron chi connectivity index (χ1n) is 15.9. The molecular formula is C35H52N2O5. The standard InChI is InChI=1S/C35H52N2O5/c1-4-5-6-7-8-9-10-11-12-13-16-25-40-31-21-19-30(20-22-31)36-37-33-24-23-32(28-34(33)38)41-26-17-14-15-18-27-42-35(39)29(2)3/h19-24,28,38H,2,4-18,25-27H2,1,3H3. The molecule has 0 atom stereocenters. The van der Waals surface area contributed by atoms with Crippen LogP contribution in [0.4, 0.5) is 11.4 Å². The molecule has 0 aliphatic heterocycles. The van der Waals surface area contributed by atoms with Crippen molar-refractivity contribution in [3.05, 3.63) is 54.6 Å². The van der Waals surface area contributed by atoms with E-state index in [0.29, 0.717) is 35.9 Å². The number of carbonyl (C=O) groups excluding carboxylic acids is 1. The molecule has 7 heteroatoms. The molecule has 1 N–H and O–H groups in total. The molecule has 0 unspecified atom stereocenters. The van der Waals surface area contributed by atoms with E-state index in [-0.39, 0.29) is 11.7 Å². The molecule has 0 aliphatic carbocycles. The summed E-state index contributed by atoms with van der Waals surface area (Å²) in [6.07, 6.45) is 18.1. The minimum absolute atomic E-state index is 0.0162. The first kappa shape index (κ1) is 34.8. The molecule has 2 aromatic rings. The fraction of sp³-hybridized carbons (Fsp3) is 0.571. The van der Waals surface area contributed by atoms with Crippen LogP contribution in [0.25, 0.3) is 0 Å². The summed E-state index contributed by atoms with van der Waals surface area (Å²) in [5.74, 6) is 1.09. The second-order valence-electron chi connectivity index (χ2n) is 10.9. The minimum Gasteiger partial charge on any atom is -0.505 e. The quantitative estimate of drug-likeness (QED) is 0.0577. The number of phenolic OH excluding ortho intramolecular Hbond substituents is 1. The molecule has 0 amide bonds. The summed E-state index contributed by atoms with van der Waals surface area (Å²) in [4.78, 5) is 11.3. The Morgan fingerprint density at radius 2 is 1.19 bits per heavy atom. The maximum absolute atomic E-state index is 11.3. The van der Waals surface area contributed by atoms with Gasteiger partial charge in [0.1, 0.15) is 22.9 Å². The lowest BCUT2D eigenvalue weighted by Gasteiger charge is -2.08. The average molecular weight is 581 g/mol. The Morgan fingerprint density at radius 1 is 0.690 bits per heavy atom. The topological polar surface area (TPSA) is 89.7 Å². The number of carbonyl (C=O) groups is 1. The van der Waals surface area contributed by atoms with E-state index < -0.39 is 0 Å². The van der Waals surface area contributed by atoms with Gasteiger partial charge in [0.15, 0.2) is 0 Å². The Hall–Kier alpha value is -3.35. The van der Waals surface area contributed by atoms with Gasteiger partial charge in [0.25, 0.3) is 0 Å². The second-order valence-corrected chi connectivity index (χ2v) is 10.9. The Labute approximate surface area is 253 Å². The molecule has 0 heterocycles. The Kier molecular flexibility index (Phi) is 18.5. The number of benzene rings is 2. The number of aromatic hydroxyl groups is 1. The van der Waals surface area contributed by atoms with Crippen molar-refractivity contribution in [2.75, 3.05) is 19.8 Å². The summed E-state index contributed by atoms with van der Waals surface area (Å²) in [5.41, 5.74) is 1.48. The Morgan fingerprint density at radius 3 is 1.74 bits per heavy atom. The number of hydrogen-bond acceptors (Lipinski definition) is 7. The van der Waals surface area contributed by atoms with Gasteiger partial charge in [-0.1, -0.05) is 77.7 Å². The summed E-state index contributed by atoms with van der Waals surface area (Å²) in [5, 5.41) is 18.8. The predicted molar refractivity (Wildman–Crippen MR) is 170 cm³/mol. The molecule has 0 radical (unpaired) electrons. The highest BCUT2D eigenvalue weighted by Gasteiger charge is 2.05.